The van der Waals surface area contributed by atoms with Crippen LogP contribution in [0.5, 0.6) is 0 Å². The van der Waals surface area contributed by atoms with Gasteiger partial charge in [0.2, 0.25) is 5.91 Å². The molecule has 5 nitrogen and oxygen atoms in total. The van der Waals surface area contributed by atoms with E-state index in [-0.39, 0.29) is 5.91 Å². The van der Waals surface area contributed by atoms with Gasteiger partial charge in [-0.05, 0) is 6.07 Å². The van der Waals surface area contributed by atoms with Crippen LogP contribution in [0.2, 0.25) is 0 Å². The van der Waals surface area contributed by atoms with Crippen molar-refractivity contribution in [2.75, 3.05) is 20.1 Å². The van der Waals surface area contributed by atoms with Crippen molar-refractivity contribution in [1.29, 1.82) is 0 Å². The van der Waals surface area contributed by atoms with E-state index < -0.39 is 0 Å². The lowest BCUT2D eigenvalue weighted by Gasteiger charge is -2.15. The zero-order chi connectivity index (χ0) is 10.4. The van der Waals surface area contributed by atoms with E-state index in [4.69, 9.17) is 5.73 Å². The molecule has 0 aliphatic carbocycles. The molecule has 0 bridgehead atoms. The van der Waals surface area contributed by atoms with Crippen LogP contribution >= 0.6 is 0 Å². The molecule has 1 amide bonds. The standard InChI is InChI=1S/C9H16N4O/c1-12(8-4-10)9(14)3-7-13-6-2-5-11-13/h2,5-6H,3-4,7-8,10H2,1H3. The lowest BCUT2D eigenvalue weighted by molar-refractivity contribution is -0.130. The van der Waals surface area contributed by atoms with Gasteiger partial charge in [-0.25, -0.2) is 0 Å². The number of likely N-dealkylation sites (N-methyl/N-ethyl adjacent to an activating group) is 1. The number of amides is 1. The van der Waals surface area contributed by atoms with E-state index in [9.17, 15) is 4.79 Å². The summed E-state index contributed by atoms with van der Waals surface area (Å²) in [6.45, 7) is 1.74. The molecule has 0 spiro atoms. The molecule has 0 atom stereocenters. The monoisotopic (exact) mass is 196 g/mol. The molecule has 0 fully saturated rings. The van der Waals surface area contributed by atoms with E-state index in [1.54, 1.807) is 22.8 Å². The van der Waals surface area contributed by atoms with Crippen LogP contribution in [0, 0.1) is 0 Å². The quantitative estimate of drug-likeness (QED) is 0.702. The number of hydrogen-bond donors (Lipinski definition) is 1. The van der Waals surface area contributed by atoms with Crippen LogP contribution in [0.4, 0.5) is 0 Å². The van der Waals surface area contributed by atoms with Gasteiger partial charge in [-0.1, -0.05) is 0 Å². The molecule has 0 aliphatic heterocycles. The third kappa shape index (κ3) is 3.18. The second kappa shape index (κ2) is 5.39. The normalized spacial score (nSPS) is 10.1. The molecule has 2 N–H and O–H groups in total. The highest BCUT2D eigenvalue weighted by atomic mass is 16.2. The fourth-order valence-electron chi connectivity index (χ4n) is 1.15. The molecule has 1 rings (SSSR count). The van der Waals surface area contributed by atoms with Gasteiger partial charge in [0.15, 0.2) is 0 Å². The maximum Gasteiger partial charge on any atom is 0.224 e. The Morgan fingerprint density at radius 1 is 1.64 bits per heavy atom. The number of carbonyl (C=O) groups is 1. The van der Waals surface area contributed by atoms with Crippen LogP contribution in [0.15, 0.2) is 18.5 Å². The number of nitrogens with two attached hydrogens (primary N) is 1. The highest BCUT2D eigenvalue weighted by Gasteiger charge is 2.07. The van der Waals surface area contributed by atoms with Crippen LogP contribution in [0.1, 0.15) is 6.42 Å². The highest BCUT2D eigenvalue weighted by molar-refractivity contribution is 5.75. The van der Waals surface area contributed by atoms with E-state index in [1.807, 2.05) is 12.3 Å². The molecular formula is C9H16N4O. The molecule has 1 heterocycles. The summed E-state index contributed by atoms with van der Waals surface area (Å²) in [5.41, 5.74) is 5.35. The average molecular weight is 196 g/mol. The molecule has 78 valence electrons. The van der Waals surface area contributed by atoms with E-state index in [1.165, 1.54) is 0 Å². The smallest absolute Gasteiger partial charge is 0.224 e. The zero-order valence-corrected chi connectivity index (χ0v) is 8.39. The second-order valence-corrected chi connectivity index (χ2v) is 3.12. The molecule has 0 radical (unpaired) electrons. The molecule has 0 aromatic carbocycles. The van der Waals surface area contributed by atoms with Gasteiger partial charge in [-0.3, -0.25) is 9.48 Å². The zero-order valence-electron chi connectivity index (χ0n) is 8.39. The molecule has 1 aromatic heterocycles. The Bertz CT molecular complexity index is 270. The Hall–Kier alpha value is -1.36. The summed E-state index contributed by atoms with van der Waals surface area (Å²) >= 11 is 0. The Morgan fingerprint density at radius 3 is 3.00 bits per heavy atom. The van der Waals surface area contributed by atoms with Crippen molar-refractivity contribution in [2.45, 2.75) is 13.0 Å². The van der Waals surface area contributed by atoms with Gasteiger partial charge < -0.3 is 10.6 Å². The van der Waals surface area contributed by atoms with E-state index in [0.29, 0.717) is 26.1 Å². The number of carbonyl (C=O) groups excluding carboxylic acids is 1. The van der Waals surface area contributed by atoms with Gasteiger partial charge in [-0.15, -0.1) is 0 Å². The van der Waals surface area contributed by atoms with Crippen molar-refractivity contribution in [2.24, 2.45) is 5.73 Å². The first-order valence-corrected chi connectivity index (χ1v) is 4.65. The summed E-state index contributed by atoms with van der Waals surface area (Å²) in [7, 11) is 1.76. The average Bonchev–Trinajstić information content (AvgIpc) is 2.67. The number of hydrogen-bond acceptors (Lipinski definition) is 3. The summed E-state index contributed by atoms with van der Waals surface area (Å²) in [5.74, 6) is 0.103. The molecule has 1 aromatic rings. The van der Waals surface area contributed by atoms with E-state index >= 15 is 0 Å². The Labute approximate surface area is 83.5 Å². The third-order valence-electron chi connectivity index (χ3n) is 2.00. The van der Waals surface area contributed by atoms with Gasteiger partial charge in [0, 0.05) is 45.5 Å². The Kier molecular flexibility index (Phi) is 4.12. The molecule has 14 heavy (non-hydrogen) atoms. The van der Waals surface area contributed by atoms with Crippen molar-refractivity contribution in [3.8, 4) is 0 Å². The minimum Gasteiger partial charge on any atom is -0.344 e. The van der Waals surface area contributed by atoms with Crippen molar-refractivity contribution in [3.63, 3.8) is 0 Å². The van der Waals surface area contributed by atoms with Crippen LogP contribution in [-0.2, 0) is 11.3 Å². The van der Waals surface area contributed by atoms with Crippen LogP contribution in [0.25, 0.3) is 0 Å². The van der Waals surface area contributed by atoms with Crippen molar-refractivity contribution in [1.82, 2.24) is 14.7 Å². The largest absolute Gasteiger partial charge is 0.344 e. The van der Waals surface area contributed by atoms with Crippen LogP contribution < -0.4 is 5.73 Å². The molecular weight excluding hydrogens is 180 g/mol. The van der Waals surface area contributed by atoms with Crippen molar-refractivity contribution < 1.29 is 4.79 Å². The minimum atomic E-state index is 0.103. The molecule has 0 saturated heterocycles. The predicted octanol–water partition coefficient (Wildman–Crippen LogP) is -0.310. The summed E-state index contributed by atoms with van der Waals surface area (Å²) < 4.78 is 1.74. The van der Waals surface area contributed by atoms with Gasteiger partial charge in [0.05, 0.1) is 0 Å². The first kappa shape index (κ1) is 10.7. The van der Waals surface area contributed by atoms with Crippen molar-refractivity contribution >= 4 is 5.91 Å². The van der Waals surface area contributed by atoms with Crippen LogP contribution in [0.3, 0.4) is 0 Å². The van der Waals surface area contributed by atoms with E-state index in [2.05, 4.69) is 5.10 Å². The SMILES string of the molecule is CN(CCN)C(=O)CCn1cccn1. The number of rotatable bonds is 5. The maximum absolute atomic E-state index is 11.5. The topological polar surface area (TPSA) is 64.2 Å². The molecule has 0 aliphatic rings. The summed E-state index contributed by atoms with van der Waals surface area (Å²) in [6, 6.07) is 1.84. The number of nitrogens with zero attached hydrogens (tertiary/aromatic N) is 3. The second-order valence-electron chi connectivity index (χ2n) is 3.12. The molecule has 0 unspecified atom stereocenters. The van der Waals surface area contributed by atoms with Gasteiger partial charge >= 0.3 is 0 Å². The van der Waals surface area contributed by atoms with Crippen molar-refractivity contribution in [3.05, 3.63) is 18.5 Å². The fourth-order valence-corrected chi connectivity index (χ4v) is 1.15. The summed E-state index contributed by atoms with van der Waals surface area (Å²) in [6.07, 6.45) is 4.02. The van der Waals surface area contributed by atoms with Crippen LogP contribution in [-0.4, -0.2) is 40.7 Å². The maximum atomic E-state index is 11.5. The number of aryl methyl sites for hydroxylation is 1. The first-order valence-electron chi connectivity index (χ1n) is 4.65. The fraction of sp³-hybridized carbons (Fsp3) is 0.556. The lowest BCUT2D eigenvalue weighted by atomic mass is 10.3. The first-order chi connectivity index (χ1) is 6.74. The molecule has 0 saturated carbocycles. The lowest BCUT2D eigenvalue weighted by Crippen LogP contribution is -2.32. The Morgan fingerprint density at radius 2 is 2.43 bits per heavy atom. The van der Waals surface area contributed by atoms with Gasteiger partial charge in [0.25, 0.3) is 0 Å². The predicted molar refractivity (Wildman–Crippen MR) is 53.5 cm³/mol. The third-order valence-corrected chi connectivity index (χ3v) is 2.00. The summed E-state index contributed by atoms with van der Waals surface area (Å²) in [5, 5.41) is 4.01. The highest BCUT2D eigenvalue weighted by Crippen LogP contribution is 1.94. The van der Waals surface area contributed by atoms with Gasteiger partial charge in [0.1, 0.15) is 0 Å². The number of aromatic nitrogens is 2. The molecule has 5 heteroatoms. The van der Waals surface area contributed by atoms with E-state index in [0.717, 1.165) is 0 Å². The van der Waals surface area contributed by atoms with Gasteiger partial charge in [-0.2, -0.15) is 5.10 Å². The summed E-state index contributed by atoms with van der Waals surface area (Å²) in [4.78, 5) is 13.1. The Balaban J connectivity index is 2.27. The minimum absolute atomic E-state index is 0.103.